The standard InChI is InChI=1S/C10H9Cl2NO3/c11-5-7-1-2-8(4-9(14)6-12)10(3-7)13(15)16/h1-3H,4-6H2. The number of nitro groups is 1. The molecule has 0 aliphatic carbocycles. The normalized spacial score (nSPS) is 10.1. The maximum Gasteiger partial charge on any atom is 0.273 e. The first-order chi connectivity index (χ1) is 7.58. The molecular formula is C10H9Cl2NO3. The highest BCUT2D eigenvalue weighted by Crippen LogP contribution is 2.22. The zero-order valence-electron chi connectivity index (χ0n) is 8.28. The van der Waals surface area contributed by atoms with Gasteiger partial charge in [0.15, 0.2) is 5.78 Å². The second-order valence-electron chi connectivity index (χ2n) is 3.20. The van der Waals surface area contributed by atoms with E-state index in [0.29, 0.717) is 11.1 Å². The summed E-state index contributed by atoms with van der Waals surface area (Å²) in [6.07, 6.45) is -0.0254. The van der Waals surface area contributed by atoms with E-state index in [2.05, 4.69) is 0 Å². The van der Waals surface area contributed by atoms with Crippen LogP contribution in [0.3, 0.4) is 0 Å². The van der Waals surface area contributed by atoms with Crippen molar-refractivity contribution in [2.24, 2.45) is 0 Å². The van der Waals surface area contributed by atoms with Crippen LogP contribution < -0.4 is 0 Å². The molecule has 0 saturated carbocycles. The number of hydrogen-bond donors (Lipinski definition) is 0. The van der Waals surface area contributed by atoms with Crippen molar-refractivity contribution < 1.29 is 9.72 Å². The van der Waals surface area contributed by atoms with Gasteiger partial charge in [-0.05, 0) is 5.56 Å². The maximum absolute atomic E-state index is 11.1. The Hall–Kier alpha value is -1.13. The molecule has 1 aromatic carbocycles. The molecule has 6 heteroatoms. The molecule has 0 aromatic heterocycles. The Kier molecular flexibility index (Phi) is 4.71. The molecule has 0 saturated heterocycles. The lowest BCUT2D eigenvalue weighted by atomic mass is 10.1. The van der Waals surface area contributed by atoms with Gasteiger partial charge in [-0.15, -0.1) is 23.2 Å². The van der Waals surface area contributed by atoms with Crippen LogP contribution in [0.15, 0.2) is 18.2 Å². The summed E-state index contributed by atoms with van der Waals surface area (Å²) >= 11 is 10.9. The van der Waals surface area contributed by atoms with Gasteiger partial charge in [0.25, 0.3) is 5.69 Å². The van der Waals surface area contributed by atoms with E-state index < -0.39 is 4.92 Å². The Labute approximate surface area is 102 Å². The van der Waals surface area contributed by atoms with E-state index in [9.17, 15) is 14.9 Å². The summed E-state index contributed by atoms with van der Waals surface area (Å²) in [5.41, 5.74) is 0.927. The number of rotatable bonds is 5. The molecule has 0 radical (unpaired) electrons. The van der Waals surface area contributed by atoms with Gasteiger partial charge in [0.2, 0.25) is 0 Å². The number of nitrogens with zero attached hydrogens (tertiary/aromatic N) is 1. The molecule has 0 unspecified atom stereocenters. The predicted octanol–water partition coefficient (Wildman–Crippen LogP) is 2.68. The van der Waals surface area contributed by atoms with Crippen LogP contribution >= 0.6 is 23.2 Å². The van der Waals surface area contributed by atoms with Gasteiger partial charge < -0.3 is 0 Å². The third-order valence-corrected chi connectivity index (χ3v) is 2.64. The van der Waals surface area contributed by atoms with E-state index >= 15 is 0 Å². The van der Waals surface area contributed by atoms with Crippen LogP contribution in [-0.2, 0) is 17.1 Å². The average Bonchev–Trinajstić information content (AvgIpc) is 2.29. The van der Waals surface area contributed by atoms with Gasteiger partial charge in [0.1, 0.15) is 0 Å². The molecule has 0 amide bonds. The summed E-state index contributed by atoms with van der Waals surface area (Å²) in [7, 11) is 0. The van der Waals surface area contributed by atoms with E-state index in [4.69, 9.17) is 23.2 Å². The largest absolute Gasteiger partial charge is 0.298 e. The summed E-state index contributed by atoms with van der Waals surface area (Å²) < 4.78 is 0. The van der Waals surface area contributed by atoms with Crippen molar-refractivity contribution in [3.8, 4) is 0 Å². The summed E-state index contributed by atoms with van der Waals surface area (Å²) in [5.74, 6) is -0.192. The van der Waals surface area contributed by atoms with Crippen LogP contribution in [-0.4, -0.2) is 16.6 Å². The van der Waals surface area contributed by atoms with Gasteiger partial charge in [-0.3, -0.25) is 14.9 Å². The quantitative estimate of drug-likeness (QED) is 0.465. The number of halogens is 2. The van der Waals surface area contributed by atoms with Crippen LogP contribution in [0.5, 0.6) is 0 Å². The fraction of sp³-hybridized carbons (Fsp3) is 0.300. The Morgan fingerprint density at radius 2 is 2.06 bits per heavy atom. The van der Waals surface area contributed by atoms with Crippen LogP contribution in [0.1, 0.15) is 11.1 Å². The van der Waals surface area contributed by atoms with E-state index in [1.165, 1.54) is 6.07 Å². The lowest BCUT2D eigenvalue weighted by Crippen LogP contribution is -2.06. The molecule has 0 N–H and O–H groups in total. The number of alkyl halides is 2. The highest BCUT2D eigenvalue weighted by Gasteiger charge is 2.16. The van der Waals surface area contributed by atoms with Gasteiger partial charge >= 0.3 is 0 Å². The molecule has 0 atom stereocenters. The van der Waals surface area contributed by atoms with Gasteiger partial charge in [-0.1, -0.05) is 12.1 Å². The Morgan fingerprint density at radius 1 is 1.38 bits per heavy atom. The predicted molar refractivity (Wildman–Crippen MR) is 62.1 cm³/mol. The molecule has 0 bridgehead atoms. The van der Waals surface area contributed by atoms with Crippen LogP contribution in [0.25, 0.3) is 0 Å². The van der Waals surface area contributed by atoms with Crippen molar-refractivity contribution in [1.29, 1.82) is 0 Å². The molecule has 16 heavy (non-hydrogen) atoms. The van der Waals surface area contributed by atoms with Gasteiger partial charge in [-0.2, -0.15) is 0 Å². The minimum absolute atomic E-state index is 0.0254. The number of nitro benzene ring substituents is 1. The third kappa shape index (κ3) is 3.18. The molecule has 0 heterocycles. The molecule has 86 valence electrons. The number of ketones is 1. The van der Waals surface area contributed by atoms with Crippen molar-refractivity contribution in [1.82, 2.24) is 0 Å². The van der Waals surface area contributed by atoms with E-state index in [1.54, 1.807) is 12.1 Å². The first-order valence-electron chi connectivity index (χ1n) is 4.48. The monoisotopic (exact) mass is 261 g/mol. The highest BCUT2D eigenvalue weighted by atomic mass is 35.5. The van der Waals surface area contributed by atoms with Crippen LogP contribution in [0, 0.1) is 10.1 Å². The molecule has 0 aliphatic rings. The Balaban J connectivity index is 3.08. The second-order valence-corrected chi connectivity index (χ2v) is 3.74. The minimum atomic E-state index is -0.521. The molecular weight excluding hydrogens is 253 g/mol. The maximum atomic E-state index is 11.1. The van der Waals surface area contributed by atoms with Crippen molar-refractivity contribution in [3.05, 3.63) is 39.4 Å². The minimum Gasteiger partial charge on any atom is -0.298 e. The van der Waals surface area contributed by atoms with Crippen molar-refractivity contribution >= 4 is 34.7 Å². The van der Waals surface area contributed by atoms with E-state index in [1.807, 2.05) is 0 Å². The van der Waals surface area contributed by atoms with Crippen LogP contribution in [0.4, 0.5) is 5.69 Å². The number of carbonyl (C=O) groups excluding carboxylic acids is 1. The van der Waals surface area contributed by atoms with E-state index in [0.717, 1.165) is 0 Å². The topological polar surface area (TPSA) is 60.2 Å². The number of Topliss-reactive ketones (excluding diaryl/α,β-unsaturated/α-hetero) is 1. The zero-order chi connectivity index (χ0) is 12.1. The first-order valence-corrected chi connectivity index (χ1v) is 5.55. The first kappa shape index (κ1) is 12.9. The van der Waals surface area contributed by atoms with Crippen molar-refractivity contribution in [2.45, 2.75) is 12.3 Å². The average molecular weight is 262 g/mol. The van der Waals surface area contributed by atoms with Gasteiger partial charge in [0.05, 0.1) is 10.8 Å². The molecule has 0 spiro atoms. The highest BCUT2D eigenvalue weighted by molar-refractivity contribution is 6.27. The summed E-state index contributed by atoms with van der Waals surface area (Å²) in [5, 5.41) is 10.8. The number of carbonyl (C=O) groups is 1. The van der Waals surface area contributed by atoms with Gasteiger partial charge in [0, 0.05) is 23.9 Å². The van der Waals surface area contributed by atoms with Crippen molar-refractivity contribution in [2.75, 3.05) is 5.88 Å². The SMILES string of the molecule is O=C(CCl)Cc1ccc(CCl)cc1[N+](=O)[O-]. The smallest absolute Gasteiger partial charge is 0.273 e. The lowest BCUT2D eigenvalue weighted by Gasteiger charge is -2.02. The molecule has 1 rings (SSSR count). The Morgan fingerprint density at radius 3 is 2.56 bits per heavy atom. The number of benzene rings is 1. The van der Waals surface area contributed by atoms with Crippen molar-refractivity contribution in [3.63, 3.8) is 0 Å². The zero-order valence-corrected chi connectivity index (χ0v) is 9.79. The molecule has 1 aromatic rings. The Bertz CT molecular complexity index is 421. The van der Waals surface area contributed by atoms with Gasteiger partial charge in [-0.25, -0.2) is 0 Å². The summed E-state index contributed by atoms with van der Waals surface area (Å²) in [4.78, 5) is 21.4. The fourth-order valence-electron chi connectivity index (χ4n) is 1.27. The third-order valence-electron chi connectivity index (χ3n) is 2.04. The summed E-state index contributed by atoms with van der Waals surface area (Å²) in [6.45, 7) is 0. The fourth-order valence-corrected chi connectivity index (χ4v) is 1.53. The molecule has 0 aliphatic heterocycles. The summed E-state index contributed by atoms with van der Waals surface area (Å²) in [6, 6.07) is 4.58. The second kappa shape index (κ2) is 5.82. The lowest BCUT2D eigenvalue weighted by molar-refractivity contribution is -0.385. The van der Waals surface area contributed by atoms with Crippen LogP contribution in [0.2, 0.25) is 0 Å². The molecule has 4 nitrogen and oxygen atoms in total. The number of hydrogen-bond acceptors (Lipinski definition) is 3. The molecule has 0 fully saturated rings. The van der Waals surface area contributed by atoms with E-state index in [-0.39, 0.29) is 29.7 Å².